The van der Waals surface area contributed by atoms with Crippen LogP contribution in [0.4, 0.5) is 5.69 Å². The number of benzene rings is 1. The predicted octanol–water partition coefficient (Wildman–Crippen LogP) is 2.80. The molecular weight excluding hydrogens is 252 g/mol. The number of para-hydroxylation sites is 2. The molecule has 4 heteroatoms. The van der Waals surface area contributed by atoms with Crippen LogP contribution in [0.15, 0.2) is 24.3 Å². The summed E-state index contributed by atoms with van der Waals surface area (Å²) in [7, 11) is 0. The van der Waals surface area contributed by atoms with Gasteiger partial charge in [-0.1, -0.05) is 26.0 Å². The Labute approximate surface area is 120 Å². The lowest BCUT2D eigenvalue weighted by Gasteiger charge is -2.32. The van der Waals surface area contributed by atoms with Gasteiger partial charge in [0.05, 0.1) is 12.3 Å². The Morgan fingerprint density at radius 2 is 2.05 bits per heavy atom. The average Bonchev–Trinajstić information content (AvgIpc) is 2.47. The second-order valence-electron chi connectivity index (χ2n) is 5.61. The van der Waals surface area contributed by atoms with Gasteiger partial charge in [-0.3, -0.25) is 4.79 Å². The summed E-state index contributed by atoms with van der Waals surface area (Å²) in [6.45, 7) is 6.57. The van der Waals surface area contributed by atoms with Gasteiger partial charge in [0.1, 0.15) is 5.75 Å². The van der Waals surface area contributed by atoms with Crippen molar-refractivity contribution in [3.05, 3.63) is 24.3 Å². The van der Waals surface area contributed by atoms with E-state index < -0.39 is 0 Å². The molecular formula is C16H24N2O2. The van der Waals surface area contributed by atoms with E-state index in [0.717, 1.165) is 43.8 Å². The number of anilines is 1. The molecule has 0 aliphatic carbocycles. The van der Waals surface area contributed by atoms with Crippen molar-refractivity contribution in [3.63, 3.8) is 0 Å². The highest BCUT2D eigenvalue weighted by molar-refractivity contribution is 5.96. The van der Waals surface area contributed by atoms with Gasteiger partial charge >= 0.3 is 0 Å². The summed E-state index contributed by atoms with van der Waals surface area (Å²) in [5.74, 6) is 0.840. The maximum absolute atomic E-state index is 12.5. The van der Waals surface area contributed by atoms with Crippen molar-refractivity contribution in [2.75, 3.05) is 25.0 Å². The van der Waals surface area contributed by atoms with Crippen molar-refractivity contribution in [1.29, 1.82) is 0 Å². The van der Waals surface area contributed by atoms with Crippen LogP contribution in [0.25, 0.3) is 0 Å². The highest BCUT2D eigenvalue weighted by atomic mass is 16.5. The Morgan fingerprint density at radius 1 is 1.35 bits per heavy atom. The second kappa shape index (κ2) is 6.75. The first-order chi connectivity index (χ1) is 9.65. The topological polar surface area (TPSA) is 50.4 Å². The highest BCUT2D eigenvalue weighted by Gasteiger charge is 2.34. The molecule has 0 radical (unpaired) electrons. The minimum Gasteiger partial charge on any atom is -0.491 e. The number of piperidine rings is 1. The van der Waals surface area contributed by atoms with E-state index in [2.05, 4.69) is 17.6 Å². The van der Waals surface area contributed by atoms with Crippen LogP contribution in [0.1, 0.15) is 33.1 Å². The van der Waals surface area contributed by atoms with E-state index in [-0.39, 0.29) is 11.3 Å². The van der Waals surface area contributed by atoms with E-state index in [1.807, 2.05) is 31.2 Å². The van der Waals surface area contributed by atoms with Crippen LogP contribution in [-0.2, 0) is 4.79 Å². The number of ether oxygens (including phenoxy) is 1. The highest BCUT2D eigenvalue weighted by Crippen LogP contribution is 2.31. The summed E-state index contributed by atoms with van der Waals surface area (Å²) in [5.41, 5.74) is 0.481. The molecule has 1 aliphatic rings. The largest absolute Gasteiger partial charge is 0.491 e. The van der Waals surface area contributed by atoms with Crippen molar-refractivity contribution in [3.8, 4) is 5.75 Å². The third kappa shape index (κ3) is 3.51. The minimum absolute atomic E-state index is 0.0894. The lowest BCUT2D eigenvalue weighted by atomic mass is 9.80. The van der Waals surface area contributed by atoms with Crippen LogP contribution in [-0.4, -0.2) is 25.6 Å². The van der Waals surface area contributed by atoms with Gasteiger partial charge in [-0.25, -0.2) is 0 Å². The Kier molecular flexibility index (Phi) is 5.01. The summed E-state index contributed by atoms with van der Waals surface area (Å²) in [4.78, 5) is 12.5. The zero-order valence-electron chi connectivity index (χ0n) is 12.4. The monoisotopic (exact) mass is 276 g/mol. The molecule has 1 saturated heterocycles. The summed E-state index contributed by atoms with van der Waals surface area (Å²) >= 11 is 0. The molecule has 2 rings (SSSR count). The van der Waals surface area contributed by atoms with Gasteiger partial charge in [0.25, 0.3) is 0 Å². The summed E-state index contributed by atoms with van der Waals surface area (Å²) in [6.07, 6.45) is 2.69. The molecule has 1 amide bonds. The van der Waals surface area contributed by atoms with Crippen LogP contribution in [0.5, 0.6) is 5.75 Å². The first-order valence-corrected chi connectivity index (χ1v) is 7.40. The number of hydrogen-bond donors (Lipinski definition) is 2. The fourth-order valence-electron chi connectivity index (χ4n) is 2.39. The standard InChI is InChI=1S/C16H24N2O2/c1-3-12-20-14-7-5-4-6-13(14)18-15(19)16(2)8-10-17-11-9-16/h4-7,17H,3,8-12H2,1-2H3,(H,18,19). The lowest BCUT2D eigenvalue weighted by Crippen LogP contribution is -2.42. The van der Waals surface area contributed by atoms with Gasteiger partial charge in [-0.05, 0) is 44.5 Å². The van der Waals surface area contributed by atoms with Crippen molar-refractivity contribution >= 4 is 11.6 Å². The molecule has 0 spiro atoms. The van der Waals surface area contributed by atoms with Crippen molar-refractivity contribution < 1.29 is 9.53 Å². The molecule has 0 unspecified atom stereocenters. The summed E-state index contributed by atoms with van der Waals surface area (Å²) in [6, 6.07) is 7.63. The van der Waals surface area contributed by atoms with Crippen LogP contribution in [0.2, 0.25) is 0 Å². The molecule has 4 nitrogen and oxygen atoms in total. The first kappa shape index (κ1) is 14.9. The molecule has 1 aromatic rings. The molecule has 20 heavy (non-hydrogen) atoms. The molecule has 1 heterocycles. The van der Waals surface area contributed by atoms with E-state index >= 15 is 0 Å². The zero-order chi connectivity index (χ0) is 14.4. The number of nitrogens with one attached hydrogen (secondary N) is 2. The molecule has 0 atom stereocenters. The van der Waals surface area contributed by atoms with Crippen molar-refractivity contribution in [1.82, 2.24) is 5.32 Å². The smallest absolute Gasteiger partial charge is 0.230 e. The van der Waals surface area contributed by atoms with E-state index in [1.54, 1.807) is 0 Å². The third-order valence-electron chi connectivity index (χ3n) is 3.85. The molecule has 0 bridgehead atoms. The Hall–Kier alpha value is -1.55. The van der Waals surface area contributed by atoms with Crippen LogP contribution in [0, 0.1) is 5.41 Å². The van der Waals surface area contributed by atoms with Crippen molar-refractivity contribution in [2.24, 2.45) is 5.41 Å². The molecule has 0 saturated carbocycles. The number of carbonyl (C=O) groups is 1. The van der Waals surface area contributed by atoms with Crippen molar-refractivity contribution in [2.45, 2.75) is 33.1 Å². The van der Waals surface area contributed by atoms with Gasteiger partial charge in [-0.2, -0.15) is 0 Å². The van der Waals surface area contributed by atoms with Gasteiger partial charge in [0, 0.05) is 5.41 Å². The predicted molar refractivity (Wildman–Crippen MR) is 81.1 cm³/mol. The number of hydrogen-bond acceptors (Lipinski definition) is 3. The molecule has 1 aliphatic heterocycles. The van der Waals surface area contributed by atoms with Gasteiger partial charge in [0.15, 0.2) is 0 Å². The van der Waals surface area contributed by atoms with Gasteiger partial charge < -0.3 is 15.4 Å². The molecule has 110 valence electrons. The molecule has 1 fully saturated rings. The summed E-state index contributed by atoms with van der Waals surface area (Å²) < 4.78 is 5.68. The van der Waals surface area contributed by atoms with Gasteiger partial charge in [0.2, 0.25) is 5.91 Å². The number of carbonyl (C=O) groups excluding carboxylic acids is 1. The fourth-order valence-corrected chi connectivity index (χ4v) is 2.39. The Bertz CT molecular complexity index is 454. The van der Waals surface area contributed by atoms with E-state index in [1.165, 1.54) is 0 Å². The van der Waals surface area contributed by atoms with E-state index in [9.17, 15) is 4.79 Å². The summed E-state index contributed by atoms with van der Waals surface area (Å²) in [5, 5.41) is 6.33. The quantitative estimate of drug-likeness (QED) is 0.869. The van der Waals surface area contributed by atoms with Crippen LogP contribution >= 0.6 is 0 Å². The number of rotatable bonds is 5. The average molecular weight is 276 g/mol. The van der Waals surface area contributed by atoms with Gasteiger partial charge in [-0.15, -0.1) is 0 Å². The Morgan fingerprint density at radius 3 is 2.75 bits per heavy atom. The molecule has 1 aromatic carbocycles. The fraction of sp³-hybridized carbons (Fsp3) is 0.562. The maximum atomic E-state index is 12.5. The lowest BCUT2D eigenvalue weighted by molar-refractivity contribution is -0.126. The normalized spacial score (nSPS) is 17.5. The maximum Gasteiger partial charge on any atom is 0.230 e. The van der Waals surface area contributed by atoms with Crippen LogP contribution in [0.3, 0.4) is 0 Å². The Balaban J connectivity index is 2.07. The molecule has 2 N–H and O–H groups in total. The van der Waals surface area contributed by atoms with E-state index in [4.69, 9.17) is 4.74 Å². The van der Waals surface area contributed by atoms with Crippen LogP contribution < -0.4 is 15.4 Å². The van der Waals surface area contributed by atoms with E-state index in [0.29, 0.717) is 6.61 Å². The minimum atomic E-state index is -0.289. The molecule has 0 aromatic heterocycles. The third-order valence-corrected chi connectivity index (χ3v) is 3.85. The first-order valence-electron chi connectivity index (χ1n) is 7.40. The SMILES string of the molecule is CCCOc1ccccc1NC(=O)C1(C)CCNCC1. The second-order valence-corrected chi connectivity index (χ2v) is 5.61. The zero-order valence-corrected chi connectivity index (χ0v) is 12.4. The number of amides is 1.